The number of carboxylic acid groups (broad SMARTS) is 1. The van der Waals surface area contributed by atoms with Gasteiger partial charge in [-0.1, -0.05) is 71.9 Å². The molecule has 0 saturated heterocycles. The molecule has 0 aromatic heterocycles. The number of ether oxygens (including phenoxy) is 1. The van der Waals surface area contributed by atoms with E-state index in [-0.39, 0.29) is 6.61 Å². The topological polar surface area (TPSA) is 95.3 Å². The Morgan fingerprint density at radius 2 is 1.96 bits per heavy atom. The first-order valence-electron chi connectivity index (χ1n) is 8.54. The van der Waals surface area contributed by atoms with Gasteiger partial charge in [-0.2, -0.15) is 0 Å². The van der Waals surface area contributed by atoms with Gasteiger partial charge in [0.2, 0.25) is 0 Å². The number of carbonyl (C=O) groups is 1. The number of allylic oxidation sites excluding steroid dienone is 3. The molecule has 0 aliphatic heterocycles. The van der Waals surface area contributed by atoms with E-state index in [0.717, 1.165) is 11.1 Å². The summed E-state index contributed by atoms with van der Waals surface area (Å²) in [5.74, 6) is -0.388. The molecule has 0 amide bonds. The maximum atomic E-state index is 11.7. The molecule has 1 N–H and O–H groups in total. The summed E-state index contributed by atoms with van der Waals surface area (Å²) in [6.07, 6.45) is 7.41. The molecule has 2 atom stereocenters. The molecule has 136 valence electrons. The van der Waals surface area contributed by atoms with Crippen molar-refractivity contribution in [3.05, 3.63) is 100 Å². The number of hydrogen-bond donors (Lipinski definition) is 1. The summed E-state index contributed by atoms with van der Waals surface area (Å²) in [7, 11) is 0. The molecule has 3 rings (SSSR count). The Kier molecular flexibility index (Phi) is 5.59. The van der Waals surface area contributed by atoms with Gasteiger partial charge in [0.15, 0.2) is 0 Å². The van der Waals surface area contributed by atoms with Crippen molar-refractivity contribution in [2.45, 2.75) is 12.5 Å². The minimum atomic E-state index is -1.08. The lowest BCUT2D eigenvalue weighted by molar-refractivity contribution is -0.147. The van der Waals surface area contributed by atoms with Crippen LogP contribution in [0.5, 0.6) is 5.75 Å². The zero-order valence-electron chi connectivity index (χ0n) is 14.6. The SMILES string of the molecule is [N-]=[N+]=NC(c1ccccc1)c1cccc(OCC2(C(=O)O)C=CC=CC2)c1. The highest BCUT2D eigenvalue weighted by Crippen LogP contribution is 2.32. The van der Waals surface area contributed by atoms with E-state index < -0.39 is 17.4 Å². The Labute approximate surface area is 157 Å². The molecule has 0 radical (unpaired) electrons. The predicted molar refractivity (Wildman–Crippen MR) is 102 cm³/mol. The number of hydrogen-bond acceptors (Lipinski definition) is 3. The second kappa shape index (κ2) is 8.25. The fourth-order valence-corrected chi connectivity index (χ4v) is 2.99. The van der Waals surface area contributed by atoms with Crippen LogP contribution in [0.2, 0.25) is 0 Å². The van der Waals surface area contributed by atoms with Crippen molar-refractivity contribution >= 4 is 5.97 Å². The number of azide groups is 1. The van der Waals surface area contributed by atoms with Gasteiger partial charge in [-0.3, -0.25) is 4.79 Å². The highest BCUT2D eigenvalue weighted by Gasteiger charge is 2.36. The first kappa shape index (κ1) is 18.3. The van der Waals surface area contributed by atoms with E-state index in [0.29, 0.717) is 12.2 Å². The number of aliphatic carboxylic acids is 1. The molecule has 6 heteroatoms. The largest absolute Gasteiger partial charge is 0.492 e. The van der Waals surface area contributed by atoms with Crippen molar-refractivity contribution in [3.8, 4) is 5.75 Å². The lowest BCUT2D eigenvalue weighted by Crippen LogP contribution is -2.35. The number of rotatable bonds is 7. The van der Waals surface area contributed by atoms with Crippen LogP contribution in [0.25, 0.3) is 10.4 Å². The Bertz CT molecular complexity index is 917. The molecule has 2 unspecified atom stereocenters. The van der Waals surface area contributed by atoms with Gasteiger partial charge in [0, 0.05) is 4.91 Å². The van der Waals surface area contributed by atoms with Crippen LogP contribution in [0, 0.1) is 5.41 Å². The Hall–Kier alpha value is -3.50. The third-order valence-electron chi connectivity index (χ3n) is 4.52. The van der Waals surface area contributed by atoms with Crippen molar-refractivity contribution < 1.29 is 14.6 Å². The summed E-state index contributed by atoms with van der Waals surface area (Å²) in [4.78, 5) is 14.7. The van der Waals surface area contributed by atoms with Crippen molar-refractivity contribution in [1.82, 2.24) is 0 Å². The summed E-state index contributed by atoms with van der Waals surface area (Å²) in [6.45, 7) is 0.0180. The molecule has 0 bridgehead atoms. The Balaban J connectivity index is 1.83. The van der Waals surface area contributed by atoms with Crippen LogP contribution in [0.1, 0.15) is 23.6 Å². The van der Waals surface area contributed by atoms with Crippen LogP contribution in [0.3, 0.4) is 0 Å². The van der Waals surface area contributed by atoms with Gasteiger partial charge in [0.25, 0.3) is 0 Å². The average molecular weight is 361 g/mol. The lowest BCUT2D eigenvalue weighted by atomic mass is 9.82. The highest BCUT2D eigenvalue weighted by molar-refractivity contribution is 5.78. The van der Waals surface area contributed by atoms with E-state index in [2.05, 4.69) is 10.0 Å². The number of benzene rings is 2. The van der Waals surface area contributed by atoms with Crippen molar-refractivity contribution in [3.63, 3.8) is 0 Å². The smallest absolute Gasteiger partial charge is 0.317 e. The van der Waals surface area contributed by atoms with Crippen LogP contribution in [-0.4, -0.2) is 17.7 Å². The predicted octanol–water partition coefficient (Wildman–Crippen LogP) is 5.05. The van der Waals surface area contributed by atoms with Gasteiger partial charge in [-0.25, -0.2) is 0 Å². The van der Waals surface area contributed by atoms with E-state index in [1.54, 1.807) is 30.4 Å². The molecule has 27 heavy (non-hydrogen) atoms. The molecular weight excluding hydrogens is 342 g/mol. The van der Waals surface area contributed by atoms with Gasteiger partial charge >= 0.3 is 5.97 Å². The maximum absolute atomic E-state index is 11.7. The standard InChI is InChI=1S/C21H19N3O3/c22-24-23-19(16-8-3-1-4-9-16)17-10-7-11-18(14-17)27-15-21(20(25)26)12-5-2-6-13-21/h1-12,14,19H,13,15H2,(H,25,26). The fraction of sp³-hybridized carbons (Fsp3) is 0.190. The highest BCUT2D eigenvalue weighted by atomic mass is 16.5. The van der Waals surface area contributed by atoms with E-state index >= 15 is 0 Å². The summed E-state index contributed by atoms with van der Waals surface area (Å²) in [5.41, 5.74) is 9.52. The first-order chi connectivity index (χ1) is 13.1. The Morgan fingerprint density at radius 1 is 1.19 bits per heavy atom. The minimum Gasteiger partial charge on any atom is -0.492 e. The molecular formula is C21H19N3O3. The van der Waals surface area contributed by atoms with E-state index in [4.69, 9.17) is 10.3 Å². The van der Waals surface area contributed by atoms with Gasteiger partial charge in [0.1, 0.15) is 17.8 Å². The van der Waals surface area contributed by atoms with E-state index in [1.807, 2.05) is 48.6 Å². The van der Waals surface area contributed by atoms with Crippen LogP contribution in [0.15, 0.2) is 84.0 Å². The zero-order chi connectivity index (χ0) is 19.1. The average Bonchev–Trinajstić information content (AvgIpc) is 2.72. The maximum Gasteiger partial charge on any atom is 0.317 e. The van der Waals surface area contributed by atoms with Gasteiger partial charge in [0.05, 0.1) is 6.04 Å². The molecule has 1 aliphatic rings. The third kappa shape index (κ3) is 4.19. The van der Waals surface area contributed by atoms with Crippen molar-refractivity contribution in [1.29, 1.82) is 0 Å². The van der Waals surface area contributed by atoms with E-state index in [9.17, 15) is 9.90 Å². The fourth-order valence-electron chi connectivity index (χ4n) is 2.99. The summed E-state index contributed by atoms with van der Waals surface area (Å²) >= 11 is 0. The van der Waals surface area contributed by atoms with Crippen molar-refractivity contribution in [2.24, 2.45) is 10.5 Å². The van der Waals surface area contributed by atoms with E-state index in [1.165, 1.54) is 0 Å². The van der Waals surface area contributed by atoms with Gasteiger partial charge < -0.3 is 9.84 Å². The van der Waals surface area contributed by atoms with Crippen molar-refractivity contribution in [2.75, 3.05) is 6.61 Å². The van der Waals surface area contributed by atoms with Gasteiger partial charge in [-0.05, 0) is 35.2 Å². The molecule has 1 aliphatic carbocycles. The first-order valence-corrected chi connectivity index (χ1v) is 8.54. The third-order valence-corrected chi connectivity index (χ3v) is 4.52. The van der Waals surface area contributed by atoms with Gasteiger partial charge in [-0.15, -0.1) is 0 Å². The quantitative estimate of drug-likeness (QED) is 0.424. The van der Waals surface area contributed by atoms with Crippen LogP contribution in [-0.2, 0) is 4.79 Å². The molecule has 2 aromatic carbocycles. The monoisotopic (exact) mass is 361 g/mol. The van der Waals surface area contributed by atoms with Crippen LogP contribution >= 0.6 is 0 Å². The number of nitrogens with zero attached hydrogens (tertiary/aromatic N) is 3. The summed E-state index contributed by atoms with van der Waals surface area (Å²) in [6, 6.07) is 16.2. The second-order valence-electron chi connectivity index (χ2n) is 6.33. The molecule has 0 heterocycles. The van der Waals surface area contributed by atoms with Crippen LogP contribution < -0.4 is 4.74 Å². The minimum absolute atomic E-state index is 0.0180. The van der Waals surface area contributed by atoms with Crippen LogP contribution in [0.4, 0.5) is 0 Å². The normalized spacial score (nSPS) is 19.1. The lowest BCUT2D eigenvalue weighted by Gasteiger charge is -2.26. The molecule has 0 fully saturated rings. The summed E-state index contributed by atoms with van der Waals surface area (Å²) < 4.78 is 5.81. The molecule has 2 aromatic rings. The molecule has 6 nitrogen and oxygen atoms in total. The second-order valence-corrected chi connectivity index (χ2v) is 6.33. The summed E-state index contributed by atoms with van der Waals surface area (Å²) in [5, 5.41) is 13.5. The Morgan fingerprint density at radius 3 is 2.63 bits per heavy atom. The number of carboxylic acids is 1. The molecule has 0 saturated carbocycles. The zero-order valence-corrected chi connectivity index (χ0v) is 14.6. The molecule has 0 spiro atoms.